The maximum atomic E-state index is 5.40. The first kappa shape index (κ1) is 14.1. The number of nitrogens with zero attached hydrogens (tertiary/aromatic N) is 2. The highest BCUT2D eigenvalue weighted by Crippen LogP contribution is 2.25. The van der Waals surface area contributed by atoms with Crippen LogP contribution in [0.15, 0.2) is 53.3 Å². The molecule has 0 aliphatic carbocycles. The Kier molecular flexibility index (Phi) is 3.94. The van der Waals surface area contributed by atoms with Gasteiger partial charge in [-0.05, 0) is 34.5 Å². The first-order valence-electron chi connectivity index (χ1n) is 6.42. The number of aromatic nitrogens is 3. The van der Waals surface area contributed by atoms with Crippen LogP contribution in [0.5, 0.6) is 0 Å². The molecule has 2 aromatic heterocycles. The second-order valence-electron chi connectivity index (χ2n) is 4.65. The van der Waals surface area contributed by atoms with Crippen LogP contribution in [0.1, 0.15) is 5.56 Å². The summed E-state index contributed by atoms with van der Waals surface area (Å²) in [7, 11) is 0. The zero-order valence-electron chi connectivity index (χ0n) is 11.3. The highest BCUT2D eigenvalue weighted by molar-refractivity contribution is 9.10. The highest BCUT2D eigenvalue weighted by Gasteiger charge is 2.09. The summed E-state index contributed by atoms with van der Waals surface area (Å²) in [6, 6.07) is 12.1. The number of aromatic amines is 1. The number of halogens is 1. The molecule has 0 saturated carbocycles. The third kappa shape index (κ3) is 2.94. The Bertz CT molecular complexity index is 844. The molecular formula is C16H12BrN3S. The molecule has 1 N–H and O–H groups in total. The topological polar surface area (TPSA) is 41.6 Å². The Labute approximate surface area is 136 Å². The lowest BCUT2D eigenvalue weighted by Gasteiger charge is -2.10. The third-order valence-electron chi connectivity index (χ3n) is 3.19. The van der Waals surface area contributed by atoms with E-state index in [1.54, 1.807) is 12.4 Å². The molecule has 1 aromatic carbocycles. The molecule has 104 valence electrons. The Morgan fingerprint density at radius 3 is 2.57 bits per heavy atom. The van der Waals surface area contributed by atoms with E-state index >= 15 is 0 Å². The second kappa shape index (κ2) is 5.87. The number of rotatable bonds is 2. The van der Waals surface area contributed by atoms with Crippen molar-refractivity contribution in [3.63, 3.8) is 0 Å². The van der Waals surface area contributed by atoms with Crippen LogP contribution >= 0.6 is 28.1 Å². The summed E-state index contributed by atoms with van der Waals surface area (Å²) in [5.41, 5.74) is 3.95. The van der Waals surface area contributed by atoms with Gasteiger partial charge < -0.3 is 4.98 Å². The van der Waals surface area contributed by atoms with Crippen LogP contribution in [-0.2, 0) is 0 Å². The lowest BCUT2D eigenvalue weighted by atomic mass is 10.1. The first-order chi connectivity index (χ1) is 10.1. The smallest absolute Gasteiger partial charge is 0.141 e. The van der Waals surface area contributed by atoms with Crippen LogP contribution in [0.3, 0.4) is 0 Å². The summed E-state index contributed by atoms with van der Waals surface area (Å²) in [6.45, 7) is 1.98. The molecule has 0 fully saturated rings. The Morgan fingerprint density at radius 1 is 1.10 bits per heavy atom. The van der Waals surface area contributed by atoms with E-state index in [2.05, 4.69) is 43.0 Å². The Balaban J connectivity index is 2.21. The van der Waals surface area contributed by atoms with Gasteiger partial charge in [-0.3, -0.25) is 4.98 Å². The SMILES string of the molecule is Cc1c(-c2ccccc2)[nH]c(-c2cncc(Br)c2)nc1=S. The lowest BCUT2D eigenvalue weighted by molar-refractivity contribution is 1.12. The molecule has 3 aromatic rings. The van der Waals surface area contributed by atoms with E-state index in [-0.39, 0.29) is 0 Å². The molecule has 0 bridgehead atoms. The fraction of sp³-hybridized carbons (Fsp3) is 0.0625. The van der Waals surface area contributed by atoms with E-state index in [1.807, 2.05) is 31.2 Å². The number of nitrogens with one attached hydrogen (secondary N) is 1. The monoisotopic (exact) mass is 357 g/mol. The van der Waals surface area contributed by atoms with Gasteiger partial charge in [-0.15, -0.1) is 0 Å². The van der Waals surface area contributed by atoms with Crippen molar-refractivity contribution in [1.82, 2.24) is 15.0 Å². The summed E-state index contributed by atoms with van der Waals surface area (Å²) in [6.07, 6.45) is 3.51. The molecule has 3 rings (SSSR count). The summed E-state index contributed by atoms with van der Waals surface area (Å²) >= 11 is 8.82. The molecule has 3 nitrogen and oxygen atoms in total. The molecule has 0 unspecified atom stereocenters. The standard InChI is InChI=1S/C16H12BrN3S/c1-10-14(11-5-3-2-4-6-11)19-15(20-16(10)21)12-7-13(17)9-18-8-12/h2-9H,1H3,(H,19,20,21). The average Bonchev–Trinajstić information content (AvgIpc) is 2.51. The number of H-pyrrole nitrogens is 1. The number of benzene rings is 1. The van der Waals surface area contributed by atoms with Gasteiger partial charge in [0.2, 0.25) is 0 Å². The van der Waals surface area contributed by atoms with Gasteiger partial charge in [-0.25, -0.2) is 4.98 Å². The predicted octanol–water partition coefficient (Wildman–Crippen LogP) is 4.94. The molecule has 0 radical (unpaired) electrons. The van der Waals surface area contributed by atoms with E-state index in [1.165, 1.54) is 0 Å². The van der Waals surface area contributed by atoms with E-state index in [4.69, 9.17) is 12.2 Å². The maximum Gasteiger partial charge on any atom is 0.141 e. The van der Waals surface area contributed by atoms with Crippen molar-refractivity contribution in [2.24, 2.45) is 0 Å². The van der Waals surface area contributed by atoms with E-state index in [9.17, 15) is 0 Å². The van der Waals surface area contributed by atoms with Crippen LogP contribution < -0.4 is 0 Å². The van der Waals surface area contributed by atoms with Crippen LogP contribution in [0.4, 0.5) is 0 Å². The molecule has 21 heavy (non-hydrogen) atoms. The van der Waals surface area contributed by atoms with Crippen molar-refractivity contribution in [3.8, 4) is 22.6 Å². The fourth-order valence-electron chi connectivity index (χ4n) is 2.10. The Hall–Kier alpha value is -1.85. The summed E-state index contributed by atoms with van der Waals surface area (Å²) in [4.78, 5) is 12.0. The van der Waals surface area contributed by atoms with Crippen molar-refractivity contribution < 1.29 is 0 Å². The average molecular weight is 358 g/mol. The summed E-state index contributed by atoms with van der Waals surface area (Å²) in [5.74, 6) is 0.721. The zero-order chi connectivity index (χ0) is 14.8. The first-order valence-corrected chi connectivity index (χ1v) is 7.62. The van der Waals surface area contributed by atoms with Gasteiger partial charge in [0, 0.05) is 28.0 Å². The zero-order valence-corrected chi connectivity index (χ0v) is 13.7. The molecule has 0 amide bonds. The largest absolute Gasteiger partial charge is 0.339 e. The van der Waals surface area contributed by atoms with Crippen molar-refractivity contribution >= 4 is 28.1 Å². The fourth-order valence-corrected chi connectivity index (χ4v) is 2.66. The van der Waals surface area contributed by atoms with Crippen molar-refractivity contribution in [3.05, 3.63) is 63.5 Å². The predicted molar refractivity (Wildman–Crippen MR) is 90.5 cm³/mol. The quantitative estimate of drug-likeness (QED) is 0.660. The van der Waals surface area contributed by atoms with E-state index < -0.39 is 0 Å². The van der Waals surface area contributed by atoms with Gasteiger partial charge in [0.1, 0.15) is 10.5 Å². The number of hydrogen-bond donors (Lipinski definition) is 1. The molecule has 2 heterocycles. The summed E-state index contributed by atoms with van der Waals surface area (Å²) < 4.78 is 1.51. The van der Waals surface area contributed by atoms with Crippen LogP contribution in [0.25, 0.3) is 22.6 Å². The minimum absolute atomic E-state index is 0.600. The van der Waals surface area contributed by atoms with E-state index in [0.717, 1.165) is 32.7 Å². The van der Waals surface area contributed by atoms with Crippen LogP contribution in [0, 0.1) is 11.6 Å². The second-order valence-corrected chi connectivity index (χ2v) is 5.95. The van der Waals surface area contributed by atoms with Crippen LogP contribution in [0.2, 0.25) is 0 Å². The molecule has 0 atom stereocenters. The molecule has 0 saturated heterocycles. The number of pyridine rings is 1. The maximum absolute atomic E-state index is 5.40. The summed E-state index contributed by atoms with van der Waals surface area (Å²) in [5, 5.41) is 0. The molecular weight excluding hydrogens is 346 g/mol. The van der Waals surface area contributed by atoms with E-state index in [0.29, 0.717) is 4.64 Å². The highest BCUT2D eigenvalue weighted by atomic mass is 79.9. The van der Waals surface area contributed by atoms with Crippen molar-refractivity contribution in [1.29, 1.82) is 0 Å². The Morgan fingerprint density at radius 2 is 1.86 bits per heavy atom. The third-order valence-corrected chi connectivity index (χ3v) is 4.02. The molecule has 0 spiro atoms. The van der Waals surface area contributed by atoms with Gasteiger partial charge in [0.15, 0.2) is 0 Å². The van der Waals surface area contributed by atoms with Crippen molar-refractivity contribution in [2.45, 2.75) is 6.92 Å². The molecule has 0 aliphatic heterocycles. The van der Waals surface area contributed by atoms with Crippen LogP contribution in [-0.4, -0.2) is 15.0 Å². The normalized spacial score (nSPS) is 10.6. The molecule has 5 heteroatoms. The van der Waals surface area contributed by atoms with Gasteiger partial charge in [0.05, 0.1) is 5.69 Å². The van der Waals surface area contributed by atoms with Gasteiger partial charge >= 0.3 is 0 Å². The molecule has 0 aliphatic rings. The minimum atomic E-state index is 0.600. The lowest BCUT2D eigenvalue weighted by Crippen LogP contribution is -1.97. The van der Waals surface area contributed by atoms with Gasteiger partial charge in [-0.2, -0.15) is 0 Å². The van der Waals surface area contributed by atoms with Gasteiger partial charge in [0.25, 0.3) is 0 Å². The number of hydrogen-bond acceptors (Lipinski definition) is 3. The van der Waals surface area contributed by atoms with Crippen molar-refractivity contribution in [2.75, 3.05) is 0 Å². The van der Waals surface area contributed by atoms with Gasteiger partial charge in [-0.1, -0.05) is 42.5 Å². The minimum Gasteiger partial charge on any atom is -0.339 e.